The van der Waals surface area contributed by atoms with Crippen LogP contribution in [0.25, 0.3) is 0 Å². The largest absolute Gasteiger partial charge is 0.462 e. The van der Waals surface area contributed by atoms with E-state index in [4.69, 9.17) is 4.74 Å². The van der Waals surface area contributed by atoms with Crippen LogP contribution in [0, 0.1) is 27.7 Å². The number of aryl methyl sites for hydroxylation is 3. The lowest BCUT2D eigenvalue weighted by Crippen LogP contribution is -2.41. The lowest BCUT2D eigenvalue weighted by Gasteiger charge is -2.27. The Morgan fingerprint density at radius 2 is 1.79 bits per heavy atom. The van der Waals surface area contributed by atoms with Gasteiger partial charge in [0.05, 0.1) is 30.0 Å². The fraction of sp³-hybridized carbons (Fsp3) is 0.381. The highest BCUT2D eigenvalue weighted by atomic mass is 32.1. The van der Waals surface area contributed by atoms with Gasteiger partial charge in [-0.15, -0.1) is 11.3 Å². The van der Waals surface area contributed by atoms with E-state index in [0.717, 1.165) is 27.3 Å². The summed E-state index contributed by atoms with van der Waals surface area (Å²) in [5.41, 5.74) is 4.85. The van der Waals surface area contributed by atoms with Crippen molar-refractivity contribution in [2.75, 3.05) is 22.6 Å². The van der Waals surface area contributed by atoms with Gasteiger partial charge >= 0.3 is 5.97 Å². The van der Waals surface area contributed by atoms with Gasteiger partial charge in [0.1, 0.15) is 11.0 Å². The molecular formula is C21H25N3O4S. The van der Waals surface area contributed by atoms with E-state index in [9.17, 15) is 14.4 Å². The van der Waals surface area contributed by atoms with Crippen LogP contribution in [-0.2, 0) is 14.3 Å². The minimum absolute atomic E-state index is 0.0591. The summed E-state index contributed by atoms with van der Waals surface area (Å²) in [6.07, 6.45) is -0.0591. The molecule has 1 aliphatic rings. The summed E-state index contributed by atoms with van der Waals surface area (Å²) >= 11 is 1.32. The second kappa shape index (κ2) is 8.24. The van der Waals surface area contributed by atoms with E-state index in [1.165, 1.54) is 11.3 Å². The number of carbonyl (C=O) groups excluding carboxylic acids is 3. The minimum Gasteiger partial charge on any atom is -0.462 e. The smallest absolute Gasteiger partial charge is 0.341 e. The lowest BCUT2D eigenvalue weighted by atomic mass is 10.0. The Hall–Kier alpha value is -2.87. The molecule has 3 N–H and O–H groups in total. The van der Waals surface area contributed by atoms with Crippen LogP contribution >= 0.6 is 11.3 Å². The van der Waals surface area contributed by atoms with E-state index >= 15 is 0 Å². The van der Waals surface area contributed by atoms with Crippen LogP contribution in [0.1, 0.15) is 45.3 Å². The molecule has 1 atom stereocenters. The van der Waals surface area contributed by atoms with E-state index < -0.39 is 12.0 Å². The number of hydrogen-bond donors (Lipinski definition) is 3. The van der Waals surface area contributed by atoms with Crippen LogP contribution in [-0.4, -0.2) is 30.4 Å². The van der Waals surface area contributed by atoms with Gasteiger partial charge in [0.25, 0.3) is 0 Å². The van der Waals surface area contributed by atoms with Gasteiger partial charge < -0.3 is 20.7 Å². The molecule has 0 unspecified atom stereocenters. The molecule has 29 heavy (non-hydrogen) atoms. The maximum Gasteiger partial charge on any atom is 0.341 e. The SMILES string of the molecule is CCOC(=O)c1c(NC(=O)C[C@H]2Nc3cc(C)c(C)cc3NC2=O)sc(C)c1C. The standard InChI is InChI=1S/C21H25N3O4S/c1-6-28-21(27)18-12(4)13(5)29-20(18)24-17(25)9-16-19(26)23-15-8-11(3)10(2)7-14(15)22-16/h7-8,16,22H,6,9H2,1-5H3,(H,23,26)(H,24,25)/t16-/m1/s1. The maximum atomic E-state index is 12.6. The van der Waals surface area contributed by atoms with Crippen LogP contribution in [0.5, 0.6) is 0 Å². The van der Waals surface area contributed by atoms with Crippen LogP contribution in [0.3, 0.4) is 0 Å². The highest BCUT2D eigenvalue weighted by molar-refractivity contribution is 7.16. The zero-order chi connectivity index (χ0) is 21.3. The van der Waals surface area contributed by atoms with E-state index in [1.54, 1.807) is 6.92 Å². The van der Waals surface area contributed by atoms with Gasteiger partial charge in [0.2, 0.25) is 11.8 Å². The number of esters is 1. The number of ether oxygens (including phenoxy) is 1. The summed E-state index contributed by atoms with van der Waals surface area (Å²) in [5, 5.41) is 9.23. The molecule has 2 amide bonds. The van der Waals surface area contributed by atoms with E-state index in [1.807, 2.05) is 39.8 Å². The molecule has 1 aromatic carbocycles. The van der Waals surface area contributed by atoms with Gasteiger partial charge in [-0.1, -0.05) is 0 Å². The molecule has 0 spiro atoms. The van der Waals surface area contributed by atoms with Crippen molar-refractivity contribution in [1.82, 2.24) is 0 Å². The summed E-state index contributed by atoms with van der Waals surface area (Å²) < 4.78 is 5.11. The van der Waals surface area contributed by atoms with Crippen molar-refractivity contribution >= 4 is 45.5 Å². The Labute approximate surface area is 173 Å². The Morgan fingerprint density at radius 1 is 1.14 bits per heavy atom. The van der Waals surface area contributed by atoms with Crippen molar-refractivity contribution in [3.63, 3.8) is 0 Å². The third-order valence-corrected chi connectivity index (χ3v) is 6.17. The Balaban J connectivity index is 1.75. The van der Waals surface area contributed by atoms with Gasteiger partial charge in [-0.05, 0) is 63.4 Å². The second-order valence-electron chi connectivity index (χ2n) is 7.13. The number of nitrogens with one attached hydrogen (secondary N) is 3. The average Bonchev–Trinajstić information content (AvgIpc) is 2.91. The van der Waals surface area contributed by atoms with Crippen molar-refractivity contribution in [3.05, 3.63) is 39.3 Å². The molecule has 7 nitrogen and oxygen atoms in total. The molecule has 154 valence electrons. The number of fused-ring (bicyclic) bond motifs is 1. The number of hydrogen-bond acceptors (Lipinski definition) is 6. The van der Waals surface area contributed by atoms with Crippen molar-refractivity contribution in [2.24, 2.45) is 0 Å². The maximum absolute atomic E-state index is 12.6. The van der Waals surface area contributed by atoms with Crippen LogP contribution in [0.15, 0.2) is 12.1 Å². The average molecular weight is 416 g/mol. The summed E-state index contributed by atoms with van der Waals surface area (Å²) in [7, 11) is 0. The van der Waals surface area contributed by atoms with Gasteiger partial charge in [-0.2, -0.15) is 0 Å². The molecule has 0 aliphatic carbocycles. The quantitative estimate of drug-likeness (QED) is 0.643. The van der Waals surface area contributed by atoms with Gasteiger partial charge in [0, 0.05) is 4.88 Å². The predicted octanol–water partition coefficient (Wildman–Crippen LogP) is 3.92. The summed E-state index contributed by atoms with van der Waals surface area (Å²) in [6.45, 7) is 9.67. The van der Waals surface area contributed by atoms with Crippen molar-refractivity contribution < 1.29 is 19.1 Å². The molecule has 2 aromatic rings. The fourth-order valence-electron chi connectivity index (χ4n) is 3.18. The summed E-state index contributed by atoms with van der Waals surface area (Å²) in [4.78, 5) is 38.3. The van der Waals surface area contributed by atoms with Gasteiger partial charge in [-0.3, -0.25) is 9.59 Å². The molecule has 3 rings (SSSR count). The molecule has 0 saturated carbocycles. The van der Waals surface area contributed by atoms with Crippen molar-refractivity contribution in [3.8, 4) is 0 Å². The molecule has 8 heteroatoms. The molecular weight excluding hydrogens is 390 g/mol. The summed E-state index contributed by atoms with van der Waals surface area (Å²) in [6, 6.07) is 3.17. The predicted molar refractivity (Wildman–Crippen MR) is 115 cm³/mol. The van der Waals surface area contributed by atoms with E-state index in [2.05, 4.69) is 16.0 Å². The fourth-order valence-corrected chi connectivity index (χ4v) is 4.25. The number of amides is 2. The first-order chi connectivity index (χ1) is 13.7. The van der Waals surface area contributed by atoms with Crippen LogP contribution in [0.2, 0.25) is 0 Å². The molecule has 2 heterocycles. The van der Waals surface area contributed by atoms with E-state index in [0.29, 0.717) is 16.3 Å². The minimum atomic E-state index is -0.696. The third kappa shape index (κ3) is 4.27. The van der Waals surface area contributed by atoms with Crippen molar-refractivity contribution in [1.29, 1.82) is 0 Å². The van der Waals surface area contributed by atoms with Gasteiger partial charge in [0.15, 0.2) is 0 Å². The highest BCUT2D eigenvalue weighted by Gasteiger charge is 2.29. The molecule has 0 fully saturated rings. The topological polar surface area (TPSA) is 96.5 Å². The number of thiophene rings is 1. The molecule has 1 aliphatic heterocycles. The first kappa shape index (κ1) is 20.9. The Bertz CT molecular complexity index is 996. The first-order valence-electron chi connectivity index (χ1n) is 9.46. The molecule has 0 saturated heterocycles. The molecule has 0 radical (unpaired) electrons. The molecule has 1 aromatic heterocycles. The third-order valence-electron chi connectivity index (χ3n) is 5.05. The monoisotopic (exact) mass is 415 g/mol. The zero-order valence-electron chi connectivity index (χ0n) is 17.2. The number of anilines is 3. The van der Waals surface area contributed by atoms with E-state index in [-0.39, 0.29) is 24.8 Å². The number of benzene rings is 1. The second-order valence-corrected chi connectivity index (χ2v) is 8.35. The van der Waals surface area contributed by atoms with Crippen LogP contribution < -0.4 is 16.0 Å². The first-order valence-corrected chi connectivity index (χ1v) is 10.3. The number of rotatable bonds is 5. The number of carbonyl (C=O) groups is 3. The lowest BCUT2D eigenvalue weighted by molar-refractivity contribution is -0.122. The zero-order valence-corrected chi connectivity index (χ0v) is 18.0. The Kier molecular flexibility index (Phi) is 5.93. The van der Waals surface area contributed by atoms with Crippen molar-refractivity contribution in [2.45, 2.75) is 47.1 Å². The Morgan fingerprint density at radius 3 is 2.45 bits per heavy atom. The van der Waals surface area contributed by atoms with Crippen LogP contribution in [0.4, 0.5) is 16.4 Å². The highest BCUT2D eigenvalue weighted by Crippen LogP contribution is 2.34. The normalized spacial score (nSPS) is 15.2. The summed E-state index contributed by atoms with van der Waals surface area (Å²) in [5.74, 6) is -1.07. The van der Waals surface area contributed by atoms with Gasteiger partial charge in [-0.25, -0.2) is 4.79 Å². The molecule has 0 bridgehead atoms.